The predicted octanol–water partition coefficient (Wildman–Crippen LogP) is 2.62. The van der Waals surface area contributed by atoms with Gasteiger partial charge < -0.3 is 14.2 Å². The van der Waals surface area contributed by atoms with Gasteiger partial charge in [-0.1, -0.05) is 12.0 Å². The highest BCUT2D eigenvalue weighted by Crippen LogP contribution is 2.20. The smallest absolute Gasteiger partial charge is 0.337 e. The number of hydrogen-bond donors (Lipinski definition) is 1. The average Bonchev–Trinajstić information content (AvgIpc) is 3.15. The van der Waals surface area contributed by atoms with Crippen LogP contribution in [0.3, 0.4) is 0 Å². The van der Waals surface area contributed by atoms with Crippen LogP contribution in [0.5, 0.6) is 0 Å². The van der Waals surface area contributed by atoms with Gasteiger partial charge in [0.25, 0.3) is 0 Å². The Labute approximate surface area is 133 Å². The lowest BCUT2D eigenvalue weighted by Crippen LogP contribution is -2.06. The number of imidazole rings is 1. The lowest BCUT2D eigenvalue weighted by Gasteiger charge is -2.09. The van der Waals surface area contributed by atoms with Gasteiger partial charge in [-0.3, -0.25) is 0 Å². The third kappa shape index (κ3) is 2.87. The quantitative estimate of drug-likeness (QED) is 0.740. The summed E-state index contributed by atoms with van der Waals surface area (Å²) in [4.78, 5) is 15.9. The summed E-state index contributed by atoms with van der Waals surface area (Å²) >= 11 is 0. The zero-order valence-corrected chi connectivity index (χ0v) is 12.8. The van der Waals surface area contributed by atoms with Crippen LogP contribution in [0.2, 0.25) is 0 Å². The molecular formula is C18H15N3O2. The normalized spacial score (nSPS) is 10.2. The first-order valence-electron chi connectivity index (χ1n) is 7.08. The molecule has 0 aliphatic heterocycles. The summed E-state index contributed by atoms with van der Waals surface area (Å²) in [6.45, 7) is 1.90. The van der Waals surface area contributed by atoms with Crippen LogP contribution in [-0.2, 0) is 7.05 Å². The molecule has 0 radical (unpaired) electrons. The van der Waals surface area contributed by atoms with E-state index in [9.17, 15) is 9.90 Å². The zero-order chi connectivity index (χ0) is 16.4. The first kappa shape index (κ1) is 14.7. The minimum absolute atomic E-state index is 0.213. The molecule has 3 aromatic rings. The van der Waals surface area contributed by atoms with Gasteiger partial charge >= 0.3 is 5.97 Å². The van der Waals surface area contributed by atoms with E-state index in [1.54, 1.807) is 29.1 Å². The van der Waals surface area contributed by atoms with Gasteiger partial charge in [0.15, 0.2) is 0 Å². The van der Waals surface area contributed by atoms with Gasteiger partial charge in [-0.2, -0.15) is 0 Å². The molecule has 0 atom stereocenters. The van der Waals surface area contributed by atoms with Crippen molar-refractivity contribution in [3.8, 4) is 17.5 Å². The van der Waals surface area contributed by atoms with Gasteiger partial charge in [0.05, 0.1) is 11.3 Å². The number of aryl methyl sites for hydroxylation is 2. The summed E-state index contributed by atoms with van der Waals surface area (Å²) in [6.07, 6.45) is 5.45. The Morgan fingerprint density at radius 1 is 1.17 bits per heavy atom. The molecule has 0 aliphatic rings. The molecule has 0 fully saturated rings. The Hall–Kier alpha value is -3.26. The van der Waals surface area contributed by atoms with E-state index in [-0.39, 0.29) is 5.56 Å². The van der Waals surface area contributed by atoms with Crippen LogP contribution >= 0.6 is 0 Å². The molecule has 0 unspecified atom stereocenters. The van der Waals surface area contributed by atoms with E-state index in [1.165, 1.54) is 0 Å². The Balaban J connectivity index is 2.13. The van der Waals surface area contributed by atoms with Crippen molar-refractivity contribution in [3.05, 3.63) is 71.6 Å². The third-order valence-corrected chi connectivity index (χ3v) is 3.56. The molecule has 0 saturated heterocycles. The number of carboxylic acid groups (broad SMARTS) is 1. The highest BCUT2D eigenvalue weighted by atomic mass is 16.4. The molecule has 0 aliphatic carbocycles. The first-order chi connectivity index (χ1) is 11.1. The summed E-state index contributed by atoms with van der Waals surface area (Å²) in [5.41, 5.74) is 2.07. The zero-order valence-electron chi connectivity index (χ0n) is 12.8. The molecule has 5 heteroatoms. The summed E-state index contributed by atoms with van der Waals surface area (Å²) < 4.78 is 3.65. The molecule has 1 N–H and O–H groups in total. The van der Waals surface area contributed by atoms with Crippen LogP contribution in [0, 0.1) is 18.8 Å². The van der Waals surface area contributed by atoms with Crippen LogP contribution < -0.4 is 0 Å². The summed E-state index contributed by atoms with van der Waals surface area (Å²) in [5, 5.41) is 9.44. The fourth-order valence-electron chi connectivity index (χ4n) is 2.33. The van der Waals surface area contributed by atoms with Crippen LogP contribution in [0.1, 0.15) is 27.4 Å². The Bertz CT molecular complexity index is 906. The molecule has 0 saturated carbocycles. The molecule has 3 rings (SSSR count). The average molecular weight is 305 g/mol. The summed E-state index contributed by atoms with van der Waals surface area (Å²) in [5.74, 6) is 5.94. The minimum Gasteiger partial charge on any atom is -0.478 e. The van der Waals surface area contributed by atoms with E-state index < -0.39 is 5.97 Å². The Morgan fingerprint density at radius 3 is 2.52 bits per heavy atom. The number of aromatic carboxylic acids is 1. The van der Waals surface area contributed by atoms with E-state index in [4.69, 9.17) is 0 Å². The topological polar surface area (TPSA) is 60.0 Å². The van der Waals surface area contributed by atoms with Gasteiger partial charge in [0.2, 0.25) is 0 Å². The number of aromatic nitrogens is 3. The second-order valence-electron chi connectivity index (χ2n) is 5.13. The van der Waals surface area contributed by atoms with Gasteiger partial charge in [0, 0.05) is 31.2 Å². The monoisotopic (exact) mass is 305 g/mol. The number of carboxylic acids is 1. The minimum atomic E-state index is -0.981. The largest absolute Gasteiger partial charge is 0.478 e. The number of rotatable bonds is 2. The van der Waals surface area contributed by atoms with Crippen molar-refractivity contribution < 1.29 is 9.90 Å². The van der Waals surface area contributed by atoms with Crippen LogP contribution in [0.15, 0.2) is 48.9 Å². The Morgan fingerprint density at radius 2 is 1.91 bits per heavy atom. The second kappa shape index (κ2) is 5.85. The van der Waals surface area contributed by atoms with E-state index in [0.717, 1.165) is 5.82 Å². The third-order valence-electron chi connectivity index (χ3n) is 3.56. The van der Waals surface area contributed by atoms with Crippen molar-refractivity contribution in [2.75, 3.05) is 0 Å². The molecule has 114 valence electrons. The molecule has 0 spiro atoms. The fourth-order valence-corrected chi connectivity index (χ4v) is 2.33. The Kier molecular flexibility index (Phi) is 3.73. The summed E-state index contributed by atoms with van der Waals surface area (Å²) in [6, 6.07) is 8.78. The molecule has 2 aromatic heterocycles. The first-order valence-corrected chi connectivity index (χ1v) is 7.08. The van der Waals surface area contributed by atoms with Crippen molar-refractivity contribution in [2.24, 2.45) is 7.05 Å². The number of hydrogen-bond acceptors (Lipinski definition) is 2. The van der Waals surface area contributed by atoms with Crippen molar-refractivity contribution >= 4 is 5.97 Å². The van der Waals surface area contributed by atoms with Crippen LogP contribution in [0.4, 0.5) is 0 Å². The van der Waals surface area contributed by atoms with E-state index >= 15 is 0 Å². The molecular weight excluding hydrogens is 290 g/mol. The van der Waals surface area contributed by atoms with Crippen LogP contribution in [-0.4, -0.2) is 25.2 Å². The molecule has 0 bridgehead atoms. The van der Waals surface area contributed by atoms with Crippen molar-refractivity contribution in [1.29, 1.82) is 0 Å². The number of carbonyl (C=O) groups is 1. The SMILES string of the molecule is Cc1nc(C#Cc2cccc(C(=O)O)c2-n2cccc2)cn1C. The van der Waals surface area contributed by atoms with Crippen molar-refractivity contribution in [3.63, 3.8) is 0 Å². The van der Waals surface area contributed by atoms with E-state index in [2.05, 4.69) is 16.8 Å². The number of nitrogens with zero attached hydrogens (tertiary/aromatic N) is 3. The lowest BCUT2D eigenvalue weighted by molar-refractivity contribution is 0.0697. The fraction of sp³-hybridized carbons (Fsp3) is 0.111. The van der Waals surface area contributed by atoms with Gasteiger partial charge in [-0.25, -0.2) is 9.78 Å². The van der Waals surface area contributed by atoms with Gasteiger partial charge in [-0.05, 0) is 37.1 Å². The van der Waals surface area contributed by atoms with Crippen molar-refractivity contribution in [1.82, 2.24) is 14.1 Å². The highest BCUT2D eigenvalue weighted by molar-refractivity contribution is 5.93. The molecule has 1 aromatic carbocycles. The standard InChI is InChI=1S/C18H15N3O2/c1-13-19-15(12-20(13)2)9-8-14-6-5-7-16(18(22)23)17(14)21-10-3-4-11-21/h3-7,10-12H,1-2H3,(H,22,23). The maximum atomic E-state index is 11.5. The second-order valence-corrected chi connectivity index (χ2v) is 5.13. The lowest BCUT2D eigenvalue weighted by atomic mass is 10.1. The highest BCUT2D eigenvalue weighted by Gasteiger charge is 2.14. The van der Waals surface area contributed by atoms with Crippen LogP contribution in [0.25, 0.3) is 5.69 Å². The van der Waals surface area contributed by atoms with Gasteiger partial charge in [0.1, 0.15) is 11.5 Å². The maximum Gasteiger partial charge on any atom is 0.337 e. The summed E-state index contributed by atoms with van der Waals surface area (Å²) in [7, 11) is 1.91. The maximum absolute atomic E-state index is 11.5. The number of benzene rings is 1. The molecule has 2 heterocycles. The number of para-hydroxylation sites is 1. The predicted molar refractivity (Wildman–Crippen MR) is 86.7 cm³/mol. The van der Waals surface area contributed by atoms with Gasteiger partial charge in [-0.15, -0.1) is 0 Å². The van der Waals surface area contributed by atoms with Crippen molar-refractivity contribution in [2.45, 2.75) is 6.92 Å². The van der Waals surface area contributed by atoms with E-state index in [0.29, 0.717) is 16.9 Å². The molecule has 5 nitrogen and oxygen atoms in total. The van der Waals surface area contributed by atoms with E-state index in [1.807, 2.05) is 42.9 Å². The molecule has 0 amide bonds. The molecule has 23 heavy (non-hydrogen) atoms.